The largest absolute Gasteiger partial charge is 0.497 e. The lowest BCUT2D eigenvalue weighted by molar-refractivity contribution is 0.0929. The fraction of sp³-hybridized carbons (Fsp3) is 0.235. The zero-order valence-electron chi connectivity index (χ0n) is 11.5. The first kappa shape index (κ1) is 12.9. The van der Waals surface area contributed by atoms with Crippen molar-refractivity contribution in [2.24, 2.45) is 0 Å². The fourth-order valence-electron chi connectivity index (χ4n) is 2.59. The Balaban J connectivity index is 1.65. The summed E-state index contributed by atoms with van der Waals surface area (Å²) in [4.78, 5) is 14.4. The van der Waals surface area contributed by atoms with Crippen molar-refractivity contribution in [2.75, 3.05) is 13.7 Å². The minimum Gasteiger partial charge on any atom is -0.497 e. The van der Waals surface area contributed by atoms with Gasteiger partial charge in [-0.3, -0.25) is 9.69 Å². The molecule has 3 rings (SSSR count). The number of carbonyl (C=O) groups is 1. The maximum atomic E-state index is 12.3. The van der Waals surface area contributed by atoms with E-state index >= 15 is 0 Å². The third-order valence-electron chi connectivity index (χ3n) is 3.69. The predicted octanol–water partition coefficient (Wildman–Crippen LogP) is 2.89. The van der Waals surface area contributed by atoms with Gasteiger partial charge in [0.1, 0.15) is 5.75 Å². The Hall–Kier alpha value is -2.13. The number of hydrogen-bond donors (Lipinski definition) is 0. The third kappa shape index (κ3) is 2.58. The van der Waals surface area contributed by atoms with E-state index in [1.54, 1.807) is 7.11 Å². The van der Waals surface area contributed by atoms with E-state index in [-0.39, 0.29) is 5.78 Å². The van der Waals surface area contributed by atoms with Crippen molar-refractivity contribution < 1.29 is 9.53 Å². The molecule has 0 N–H and O–H groups in total. The van der Waals surface area contributed by atoms with Crippen molar-refractivity contribution in [1.82, 2.24) is 4.90 Å². The third-order valence-corrected chi connectivity index (χ3v) is 3.69. The van der Waals surface area contributed by atoms with Crippen LogP contribution in [0.15, 0.2) is 48.5 Å². The van der Waals surface area contributed by atoms with Gasteiger partial charge >= 0.3 is 0 Å². The summed E-state index contributed by atoms with van der Waals surface area (Å²) in [5.41, 5.74) is 3.40. The van der Waals surface area contributed by atoms with Crippen LogP contribution in [0.4, 0.5) is 0 Å². The first-order chi connectivity index (χ1) is 9.76. The Morgan fingerprint density at radius 1 is 1.05 bits per heavy atom. The summed E-state index contributed by atoms with van der Waals surface area (Å²) in [5, 5.41) is 0. The number of ketones is 1. The van der Waals surface area contributed by atoms with Crippen molar-refractivity contribution in [3.05, 3.63) is 65.2 Å². The minimum atomic E-state index is 0.153. The first-order valence-electron chi connectivity index (χ1n) is 6.72. The molecule has 0 fully saturated rings. The Morgan fingerprint density at radius 2 is 1.65 bits per heavy atom. The van der Waals surface area contributed by atoms with E-state index in [2.05, 4.69) is 17.0 Å². The van der Waals surface area contributed by atoms with Crippen LogP contribution in [0.3, 0.4) is 0 Å². The number of hydrogen-bond acceptors (Lipinski definition) is 3. The van der Waals surface area contributed by atoms with Crippen LogP contribution in [0, 0.1) is 0 Å². The summed E-state index contributed by atoms with van der Waals surface area (Å²) < 4.78 is 5.10. The quantitative estimate of drug-likeness (QED) is 0.798. The molecule has 0 spiro atoms. The fourth-order valence-corrected chi connectivity index (χ4v) is 2.59. The molecule has 3 nitrogen and oxygen atoms in total. The van der Waals surface area contributed by atoms with Gasteiger partial charge in [0.05, 0.1) is 13.7 Å². The highest BCUT2D eigenvalue weighted by atomic mass is 16.5. The highest BCUT2D eigenvalue weighted by molar-refractivity contribution is 5.97. The van der Waals surface area contributed by atoms with Crippen molar-refractivity contribution in [3.8, 4) is 5.75 Å². The molecule has 0 amide bonds. The molecule has 2 aromatic rings. The zero-order valence-corrected chi connectivity index (χ0v) is 11.5. The molecule has 0 aromatic heterocycles. The first-order valence-corrected chi connectivity index (χ1v) is 6.72. The van der Waals surface area contributed by atoms with Crippen LogP contribution in [0.5, 0.6) is 5.75 Å². The lowest BCUT2D eigenvalue weighted by Gasteiger charge is -2.13. The Morgan fingerprint density at radius 3 is 2.20 bits per heavy atom. The maximum absolute atomic E-state index is 12.3. The molecule has 2 aromatic carbocycles. The highest BCUT2D eigenvalue weighted by Gasteiger charge is 2.20. The van der Waals surface area contributed by atoms with Gasteiger partial charge in [0.15, 0.2) is 5.78 Å². The van der Waals surface area contributed by atoms with Gasteiger partial charge in [0.25, 0.3) is 0 Å². The molecule has 0 aliphatic carbocycles. The van der Waals surface area contributed by atoms with E-state index in [0.717, 1.165) is 24.4 Å². The molecule has 0 saturated heterocycles. The van der Waals surface area contributed by atoms with Crippen LogP contribution < -0.4 is 4.74 Å². The lowest BCUT2D eigenvalue weighted by atomic mass is 10.1. The predicted molar refractivity (Wildman–Crippen MR) is 77.9 cm³/mol. The van der Waals surface area contributed by atoms with Gasteiger partial charge in [0, 0.05) is 18.7 Å². The molecule has 0 atom stereocenters. The molecule has 1 heterocycles. The van der Waals surface area contributed by atoms with Gasteiger partial charge in [0.2, 0.25) is 0 Å². The topological polar surface area (TPSA) is 29.5 Å². The highest BCUT2D eigenvalue weighted by Crippen LogP contribution is 2.22. The minimum absolute atomic E-state index is 0.153. The molecule has 0 saturated carbocycles. The number of benzene rings is 2. The Bertz CT molecular complexity index is 594. The summed E-state index contributed by atoms with van der Waals surface area (Å²) in [5.74, 6) is 0.926. The summed E-state index contributed by atoms with van der Waals surface area (Å²) in [6, 6.07) is 15.7. The Labute approximate surface area is 118 Å². The molecule has 0 unspecified atom stereocenters. The van der Waals surface area contributed by atoms with Gasteiger partial charge < -0.3 is 4.74 Å². The van der Waals surface area contributed by atoms with Gasteiger partial charge in [-0.05, 0) is 35.4 Å². The second-order valence-electron chi connectivity index (χ2n) is 5.07. The SMILES string of the molecule is COc1ccc(C(=O)CN2Cc3ccccc3C2)cc1. The van der Waals surface area contributed by atoms with Gasteiger partial charge in [-0.15, -0.1) is 0 Å². The second kappa shape index (κ2) is 5.47. The molecule has 0 radical (unpaired) electrons. The molecule has 1 aliphatic rings. The second-order valence-corrected chi connectivity index (χ2v) is 5.07. The lowest BCUT2D eigenvalue weighted by Crippen LogP contribution is -2.24. The normalized spacial score (nSPS) is 14.1. The average Bonchev–Trinajstić information content (AvgIpc) is 2.89. The van der Waals surface area contributed by atoms with Gasteiger partial charge in [-0.25, -0.2) is 0 Å². The molecule has 1 aliphatic heterocycles. The van der Waals surface area contributed by atoms with Crippen LogP contribution >= 0.6 is 0 Å². The summed E-state index contributed by atoms with van der Waals surface area (Å²) >= 11 is 0. The van der Waals surface area contributed by atoms with E-state index < -0.39 is 0 Å². The number of methoxy groups -OCH3 is 1. The molecular formula is C17H17NO2. The van der Waals surface area contributed by atoms with E-state index in [1.165, 1.54) is 11.1 Å². The Kier molecular flexibility index (Phi) is 3.52. The smallest absolute Gasteiger partial charge is 0.176 e. The number of Topliss-reactive ketones (excluding diaryl/α,β-unsaturated/α-hetero) is 1. The summed E-state index contributed by atoms with van der Waals surface area (Å²) in [7, 11) is 1.62. The number of rotatable bonds is 4. The molecule has 3 heteroatoms. The van der Waals surface area contributed by atoms with Crippen molar-refractivity contribution >= 4 is 5.78 Å². The summed E-state index contributed by atoms with van der Waals surface area (Å²) in [6.07, 6.45) is 0. The summed E-state index contributed by atoms with van der Waals surface area (Å²) in [6.45, 7) is 2.18. The molecule has 0 bridgehead atoms. The maximum Gasteiger partial charge on any atom is 0.176 e. The van der Waals surface area contributed by atoms with E-state index in [9.17, 15) is 4.79 Å². The van der Waals surface area contributed by atoms with Gasteiger partial charge in [-0.1, -0.05) is 24.3 Å². The monoisotopic (exact) mass is 267 g/mol. The molecule has 102 valence electrons. The number of ether oxygens (including phenoxy) is 1. The van der Waals surface area contributed by atoms with Crippen LogP contribution in [0.25, 0.3) is 0 Å². The van der Waals surface area contributed by atoms with E-state index in [4.69, 9.17) is 4.74 Å². The van der Waals surface area contributed by atoms with Crippen LogP contribution in [-0.2, 0) is 13.1 Å². The van der Waals surface area contributed by atoms with Crippen molar-refractivity contribution in [3.63, 3.8) is 0 Å². The van der Waals surface area contributed by atoms with Crippen LogP contribution in [0.1, 0.15) is 21.5 Å². The van der Waals surface area contributed by atoms with Gasteiger partial charge in [-0.2, -0.15) is 0 Å². The zero-order chi connectivity index (χ0) is 13.9. The molecular weight excluding hydrogens is 250 g/mol. The van der Waals surface area contributed by atoms with Crippen molar-refractivity contribution in [1.29, 1.82) is 0 Å². The number of carbonyl (C=O) groups excluding carboxylic acids is 1. The average molecular weight is 267 g/mol. The van der Waals surface area contributed by atoms with E-state index in [1.807, 2.05) is 36.4 Å². The van der Waals surface area contributed by atoms with E-state index in [0.29, 0.717) is 6.54 Å². The van der Waals surface area contributed by atoms with Crippen LogP contribution in [-0.4, -0.2) is 24.3 Å². The van der Waals surface area contributed by atoms with Crippen molar-refractivity contribution in [2.45, 2.75) is 13.1 Å². The standard InChI is InChI=1S/C17H17NO2/c1-20-16-8-6-13(7-9-16)17(19)12-18-10-14-4-2-3-5-15(14)11-18/h2-9H,10-12H2,1H3. The van der Waals surface area contributed by atoms with Crippen LogP contribution in [0.2, 0.25) is 0 Å². The number of fused-ring (bicyclic) bond motifs is 1. The number of nitrogens with zero attached hydrogens (tertiary/aromatic N) is 1. The molecule has 20 heavy (non-hydrogen) atoms.